The summed E-state index contributed by atoms with van der Waals surface area (Å²) in [5.41, 5.74) is 3.58. The lowest BCUT2D eigenvalue weighted by Crippen LogP contribution is -1.84. The summed E-state index contributed by atoms with van der Waals surface area (Å²) >= 11 is 0. The van der Waals surface area contributed by atoms with Gasteiger partial charge in [0.15, 0.2) is 0 Å². The number of hydrogen-bond donors (Lipinski definition) is 0. The van der Waals surface area contributed by atoms with Gasteiger partial charge in [0.1, 0.15) is 0 Å². The molecule has 1 nitrogen and oxygen atoms in total. The Morgan fingerprint density at radius 1 is 1.17 bits per heavy atom. The molecule has 0 spiro atoms. The highest BCUT2D eigenvalue weighted by Gasteiger charge is 1.93. The SMILES string of the molecule is C.Cc1cc(C)cc(CC#N)c1. The van der Waals surface area contributed by atoms with Gasteiger partial charge in [-0.05, 0) is 19.4 Å². The van der Waals surface area contributed by atoms with Crippen LogP contribution in [0.1, 0.15) is 24.1 Å². The van der Waals surface area contributed by atoms with Gasteiger partial charge in [-0.15, -0.1) is 0 Å². The number of rotatable bonds is 1. The monoisotopic (exact) mass is 161 g/mol. The Kier molecular flexibility index (Phi) is 4.07. The van der Waals surface area contributed by atoms with Gasteiger partial charge in [-0.2, -0.15) is 5.26 Å². The lowest BCUT2D eigenvalue weighted by atomic mass is 10.1. The molecule has 0 amide bonds. The van der Waals surface area contributed by atoms with Crippen molar-refractivity contribution in [2.45, 2.75) is 27.7 Å². The van der Waals surface area contributed by atoms with Gasteiger partial charge < -0.3 is 0 Å². The van der Waals surface area contributed by atoms with Gasteiger partial charge in [0, 0.05) is 0 Å². The van der Waals surface area contributed by atoms with Crippen molar-refractivity contribution in [3.63, 3.8) is 0 Å². The maximum absolute atomic E-state index is 8.45. The van der Waals surface area contributed by atoms with Crippen LogP contribution in [-0.4, -0.2) is 0 Å². The quantitative estimate of drug-likeness (QED) is 0.621. The topological polar surface area (TPSA) is 23.8 Å². The van der Waals surface area contributed by atoms with Crippen LogP contribution in [-0.2, 0) is 6.42 Å². The van der Waals surface area contributed by atoms with Gasteiger partial charge >= 0.3 is 0 Å². The highest BCUT2D eigenvalue weighted by Crippen LogP contribution is 2.08. The minimum Gasteiger partial charge on any atom is -0.198 e. The maximum Gasteiger partial charge on any atom is 0.0669 e. The first-order valence-electron chi connectivity index (χ1n) is 3.66. The Balaban J connectivity index is 0.00000121. The van der Waals surface area contributed by atoms with Crippen LogP contribution < -0.4 is 0 Å². The Morgan fingerprint density at radius 3 is 2.08 bits per heavy atom. The highest BCUT2D eigenvalue weighted by molar-refractivity contribution is 5.29. The highest BCUT2D eigenvalue weighted by atomic mass is 14.2. The van der Waals surface area contributed by atoms with Gasteiger partial charge in [0.2, 0.25) is 0 Å². The van der Waals surface area contributed by atoms with E-state index in [1.54, 1.807) is 0 Å². The molecular formula is C11H15N. The van der Waals surface area contributed by atoms with E-state index in [9.17, 15) is 0 Å². The summed E-state index contributed by atoms with van der Waals surface area (Å²) in [5.74, 6) is 0. The van der Waals surface area contributed by atoms with Crippen molar-refractivity contribution in [3.05, 3.63) is 34.9 Å². The molecule has 0 aliphatic rings. The summed E-state index contributed by atoms with van der Waals surface area (Å²) in [4.78, 5) is 0. The van der Waals surface area contributed by atoms with E-state index in [4.69, 9.17) is 5.26 Å². The third kappa shape index (κ3) is 2.75. The largest absolute Gasteiger partial charge is 0.198 e. The molecule has 0 atom stereocenters. The predicted molar refractivity (Wildman–Crippen MR) is 52.0 cm³/mol. The Hall–Kier alpha value is -1.29. The summed E-state index contributed by atoms with van der Waals surface area (Å²) in [6, 6.07) is 8.35. The van der Waals surface area contributed by atoms with Crippen LogP contribution in [0.15, 0.2) is 18.2 Å². The number of aryl methyl sites for hydroxylation is 2. The standard InChI is InChI=1S/C10H11N.CH4/c1-8-5-9(2)7-10(6-8)3-4-11;/h5-7H,3H2,1-2H3;1H4. The van der Waals surface area contributed by atoms with E-state index in [1.807, 2.05) is 13.8 Å². The molecule has 1 aromatic carbocycles. The smallest absolute Gasteiger partial charge is 0.0669 e. The van der Waals surface area contributed by atoms with Gasteiger partial charge in [0.05, 0.1) is 12.5 Å². The van der Waals surface area contributed by atoms with E-state index in [0.717, 1.165) is 5.56 Å². The Morgan fingerprint density at radius 2 is 1.67 bits per heavy atom. The summed E-state index contributed by atoms with van der Waals surface area (Å²) in [6.07, 6.45) is 0.516. The first kappa shape index (κ1) is 10.7. The molecule has 0 saturated heterocycles. The summed E-state index contributed by atoms with van der Waals surface area (Å²) in [6.45, 7) is 4.10. The molecule has 0 saturated carbocycles. The second-order valence-electron chi connectivity index (χ2n) is 2.83. The molecule has 0 aliphatic heterocycles. The molecule has 1 heteroatoms. The Bertz CT molecular complexity index is 274. The summed E-state index contributed by atoms with van der Waals surface area (Å²) in [5, 5.41) is 8.45. The molecule has 0 aromatic heterocycles. The van der Waals surface area contributed by atoms with Gasteiger partial charge in [-0.3, -0.25) is 0 Å². The fraction of sp³-hybridized carbons (Fsp3) is 0.364. The van der Waals surface area contributed by atoms with Crippen molar-refractivity contribution < 1.29 is 0 Å². The van der Waals surface area contributed by atoms with Crippen molar-refractivity contribution in [1.82, 2.24) is 0 Å². The van der Waals surface area contributed by atoms with Crippen LogP contribution in [0.5, 0.6) is 0 Å². The minimum atomic E-state index is 0. The molecule has 1 aromatic rings. The first-order chi connectivity index (χ1) is 5.22. The maximum atomic E-state index is 8.45. The number of nitriles is 1. The molecule has 0 bridgehead atoms. The lowest BCUT2D eigenvalue weighted by Gasteiger charge is -1.99. The third-order valence-corrected chi connectivity index (χ3v) is 1.56. The second kappa shape index (κ2) is 4.56. The number of nitrogens with zero attached hydrogens (tertiary/aromatic N) is 1. The summed E-state index contributed by atoms with van der Waals surface area (Å²) in [7, 11) is 0. The molecular weight excluding hydrogens is 146 g/mol. The van der Waals surface area contributed by atoms with Crippen LogP contribution >= 0.6 is 0 Å². The van der Waals surface area contributed by atoms with Gasteiger partial charge in [-0.1, -0.05) is 36.8 Å². The molecule has 0 radical (unpaired) electrons. The fourth-order valence-electron chi connectivity index (χ4n) is 1.26. The summed E-state index contributed by atoms with van der Waals surface area (Å²) < 4.78 is 0. The molecule has 0 fully saturated rings. The molecule has 64 valence electrons. The second-order valence-corrected chi connectivity index (χ2v) is 2.83. The van der Waals surface area contributed by atoms with Crippen LogP contribution in [0.2, 0.25) is 0 Å². The van der Waals surface area contributed by atoms with Crippen LogP contribution in [0, 0.1) is 25.2 Å². The first-order valence-corrected chi connectivity index (χ1v) is 3.66. The lowest BCUT2D eigenvalue weighted by molar-refractivity contribution is 1.22. The normalized spacial score (nSPS) is 8.42. The number of benzene rings is 1. The molecule has 1 rings (SSSR count). The van der Waals surface area contributed by atoms with E-state index in [-0.39, 0.29) is 7.43 Å². The van der Waals surface area contributed by atoms with Crippen molar-refractivity contribution in [1.29, 1.82) is 5.26 Å². The third-order valence-electron chi connectivity index (χ3n) is 1.56. The molecule has 0 aliphatic carbocycles. The minimum absolute atomic E-state index is 0. The van der Waals surface area contributed by atoms with Gasteiger partial charge in [0.25, 0.3) is 0 Å². The molecule has 0 N–H and O–H groups in total. The van der Waals surface area contributed by atoms with Crippen molar-refractivity contribution in [3.8, 4) is 6.07 Å². The van der Waals surface area contributed by atoms with E-state index >= 15 is 0 Å². The average Bonchev–Trinajstić information content (AvgIpc) is 1.85. The van der Waals surface area contributed by atoms with Crippen molar-refractivity contribution in [2.24, 2.45) is 0 Å². The Labute approximate surface area is 74.7 Å². The zero-order chi connectivity index (χ0) is 8.27. The van der Waals surface area contributed by atoms with Crippen LogP contribution in [0.25, 0.3) is 0 Å². The van der Waals surface area contributed by atoms with E-state index < -0.39 is 0 Å². The zero-order valence-electron chi connectivity index (χ0n) is 6.89. The van der Waals surface area contributed by atoms with E-state index in [0.29, 0.717) is 6.42 Å². The van der Waals surface area contributed by atoms with E-state index in [1.165, 1.54) is 11.1 Å². The van der Waals surface area contributed by atoms with Crippen LogP contribution in [0.4, 0.5) is 0 Å². The predicted octanol–water partition coefficient (Wildman–Crippen LogP) is 3.01. The van der Waals surface area contributed by atoms with Gasteiger partial charge in [-0.25, -0.2) is 0 Å². The molecule has 0 heterocycles. The number of hydrogen-bond acceptors (Lipinski definition) is 1. The van der Waals surface area contributed by atoms with E-state index in [2.05, 4.69) is 24.3 Å². The van der Waals surface area contributed by atoms with Crippen LogP contribution in [0.3, 0.4) is 0 Å². The van der Waals surface area contributed by atoms with Crippen molar-refractivity contribution in [2.75, 3.05) is 0 Å². The van der Waals surface area contributed by atoms with Crippen molar-refractivity contribution >= 4 is 0 Å². The zero-order valence-corrected chi connectivity index (χ0v) is 6.89. The molecule has 0 unspecified atom stereocenters. The average molecular weight is 161 g/mol. The molecule has 12 heavy (non-hydrogen) atoms. The fourth-order valence-corrected chi connectivity index (χ4v) is 1.26.